The molecule has 1 N–H and O–H groups in total. The van der Waals surface area contributed by atoms with Gasteiger partial charge in [-0.25, -0.2) is 0 Å². The summed E-state index contributed by atoms with van der Waals surface area (Å²) in [5.74, 6) is -0.611. The average molecular weight is 1160 g/mol. The largest absolute Gasteiger partial charge is 0.462 e. The highest BCUT2D eigenvalue weighted by molar-refractivity contribution is 5.70. The summed E-state index contributed by atoms with van der Waals surface area (Å²) in [5, 5.41) is 9.70. The van der Waals surface area contributed by atoms with Crippen LogP contribution in [0.15, 0.2) is 97.2 Å². The molecule has 0 saturated carbocycles. The van der Waals surface area contributed by atoms with Gasteiger partial charge in [0.25, 0.3) is 0 Å². The number of hydrogen-bond acceptors (Lipinski definition) is 5. The zero-order valence-corrected chi connectivity index (χ0v) is 55.2. The molecule has 83 heavy (non-hydrogen) atoms. The number of esters is 2. The minimum atomic E-state index is -0.793. The second kappa shape index (κ2) is 73.1. The normalized spacial score (nSPS) is 12.8. The van der Waals surface area contributed by atoms with Crippen molar-refractivity contribution in [1.82, 2.24) is 0 Å². The quantitative estimate of drug-likeness (QED) is 0.0373. The average Bonchev–Trinajstić information content (AvgIpc) is 3.49. The maximum atomic E-state index is 12.3. The number of hydrogen-bond donors (Lipinski definition) is 1. The number of carbonyl (C=O) groups excluding carboxylic acids is 2. The second-order valence-corrected chi connectivity index (χ2v) is 24.3. The first kappa shape index (κ1) is 79.8. The van der Waals surface area contributed by atoms with Crippen molar-refractivity contribution in [2.45, 2.75) is 373 Å². The van der Waals surface area contributed by atoms with Crippen LogP contribution < -0.4 is 0 Å². The monoisotopic (exact) mass is 1160 g/mol. The Bertz CT molecular complexity index is 1550. The zero-order valence-electron chi connectivity index (χ0n) is 55.2. The highest BCUT2D eigenvalue weighted by atomic mass is 16.6. The number of rotatable bonds is 67. The Morgan fingerprint density at radius 3 is 0.783 bits per heavy atom. The van der Waals surface area contributed by atoms with Crippen molar-refractivity contribution in [3.05, 3.63) is 97.2 Å². The van der Waals surface area contributed by atoms with E-state index in [4.69, 9.17) is 9.47 Å². The van der Waals surface area contributed by atoms with E-state index in [1.54, 1.807) is 0 Å². The Kier molecular flexibility index (Phi) is 70.3. The van der Waals surface area contributed by atoms with Gasteiger partial charge >= 0.3 is 11.9 Å². The first-order valence-electron chi connectivity index (χ1n) is 36.3. The van der Waals surface area contributed by atoms with E-state index in [1.807, 2.05) is 0 Å². The number of aliphatic hydroxyl groups excluding tert-OH is 1. The SMILES string of the molecule is CC/C=C\C/C=C\C/C=C\C/C=C\C/C=C\C/C=C\C/C=C\C/C=C\CCCCCCC(=O)OC(CO)COC(=O)CCCCCCCCCCCCCCCCCCCCCCCCCCCCCCCCCCCCCCCCCC. The molecule has 0 fully saturated rings. The molecular formula is C78H138O5. The fraction of sp³-hybridized carbons (Fsp3) is 0.769. The van der Waals surface area contributed by atoms with E-state index in [9.17, 15) is 14.7 Å². The van der Waals surface area contributed by atoms with Crippen LogP contribution in [0.2, 0.25) is 0 Å². The molecule has 0 saturated heterocycles. The predicted octanol–water partition coefficient (Wildman–Crippen LogP) is 25.4. The van der Waals surface area contributed by atoms with Gasteiger partial charge in [0.15, 0.2) is 6.10 Å². The van der Waals surface area contributed by atoms with Crippen molar-refractivity contribution >= 4 is 11.9 Å². The van der Waals surface area contributed by atoms with E-state index in [-0.39, 0.29) is 25.2 Å². The van der Waals surface area contributed by atoms with E-state index in [0.29, 0.717) is 12.8 Å². The highest BCUT2D eigenvalue weighted by Gasteiger charge is 2.16. The van der Waals surface area contributed by atoms with Crippen molar-refractivity contribution in [2.24, 2.45) is 0 Å². The fourth-order valence-corrected chi connectivity index (χ4v) is 10.8. The lowest BCUT2D eigenvalue weighted by Crippen LogP contribution is -2.28. The molecule has 0 radical (unpaired) electrons. The van der Waals surface area contributed by atoms with Gasteiger partial charge in [-0.05, 0) is 77.0 Å². The molecule has 0 aromatic rings. The third-order valence-corrected chi connectivity index (χ3v) is 16.1. The van der Waals surface area contributed by atoms with Gasteiger partial charge in [-0.3, -0.25) is 9.59 Å². The maximum absolute atomic E-state index is 12.3. The van der Waals surface area contributed by atoms with E-state index >= 15 is 0 Å². The minimum Gasteiger partial charge on any atom is -0.462 e. The number of aliphatic hydroxyl groups is 1. The van der Waals surface area contributed by atoms with Crippen LogP contribution >= 0.6 is 0 Å². The zero-order chi connectivity index (χ0) is 59.8. The fourth-order valence-electron chi connectivity index (χ4n) is 10.8. The number of ether oxygens (including phenoxy) is 2. The van der Waals surface area contributed by atoms with Gasteiger partial charge in [0.05, 0.1) is 6.61 Å². The van der Waals surface area contributed by atoms with E-state index in [0.717, 1.165) is 103 Å². The first-order chi connectivity index (χ1) is 41.1. The molecule has 0 aliphatic carbocycles. The molecule has 0 aliphatic heterocycles. The van der Waals surface area contributed by atoms with Gasteiger partial charge in [0.2, 0.25) is 0 Å². The Morgan fingerprint density at radius 1 is 0.289 bits per heavy atom. The molecule has 5 nitrogen and oxygen atoms in total. The summed E-state index contributed by atoms with van der Waals surface area (Å²) < 4.78 is 10.7. The Hall–Kier alpha value is -3.18. The van der Waals surface area contributed by atoms with Gasteiger partial charge in [-0.2, -0.15) is 0 Å². The van der Waals surface area contributed by atoms with Crippen molar-refractivity contribution in [3.63, 3.8) is 0 Å². The summed E-state index contributed by atoms with van der Waals surface area (Å²) in [6, 6.07) is 0. The smallest absolute Gasteiger partial charge is 0.306 e. The number of unbranched alkanes of at least 4 members (excludes halogenated alkanes) is 43. The van der Waals surface area contributed by atoms with Crippen molar-refractivity contribution in [1.29, 1.82) is 0 Å². The molecule has 0 amide bonds. The van der Waals surface area contributed by atoms with Crippen LogP contribution in [-0.2, 0) is 19.1 Å². The van der Waals surface area contributed by atoms with Crippen LogP contribution in [0.1, 0.15) is 367 Å². The minimum absolute atomic E-state index is 0.0785. The molecular weight excluding hydrogens is 1020 g/mol. The Labute approximate surface area is 517 Å². The van der Waals surface area contributed by atoms with Gasteiger partial charge in [0.1, 0.15) is 6.61 Å². The summed E-state index contributed by atoms with van der Waals surface area (Å²) in [4.78, 5) is 24.6. The van der Waals surface area contributed by atoms with Gasteiger partial charge in [-0.15, -0.1) is 0 Å². The first-order valence-corrected chi connectivity index (χ1v) is 36.3. The van der Waals surface area contributed by atoms with Crippen LogP contribution in [0.3, 0.4) is 0 Å². The van der Waals surface area contributed by atoms with Crippen molar-refractivity contribution in [2.75, 3.05) is 13.2 Å². The van der Waals surface area contributed by atoms with Gasteiger partial charge in [0, 0.05) is 12.8 Å². The molecule has 0 aliphatic rings. The summed E-state index contributed by atoms with van der Waals surface area (Å²) in [7, 11) is 0. The van der Waals surface area contributed by atoms with Crippen LogP contribution in [0.5, 0.6) is 0 Å². The van der Waals surface area contributed by atoms with E-state index < -0.39 is 6.10 Å². The molecule has 0 rings (SSSR count). The second-order valence-electron chi connectivity index (χ2n) is 24.3. The van der Waals surface area contributed by atoms with E-state index in [1.165, 1.54) is 238 Å². The third-order valence-electron chi connectivity index (χ3n) is 16.1. The summed E-state index contributed by atoms with van der Waals surface area (Å²) in [5.41, 5.74) is 0. The lowest BCUT2D eigenvalue weighted by Gasteiger charge is -2.15. The lowest BCUT2D eigenvalue weighted by atomic mass is 10.0. The van der Waals surface area contributed by atoms with Crippen LogP contribution in [0, 0.1) is 0 Å². The number of allylic oxidation sites excluding steroid dienone is 16. The van der Waals surface area contributed by atoms with Gasteiger partial charge in [-0.1, -0.05) is 374 Å². The highest BCUT2D eigenvalue weighted by Crippen LogP contribution is 2.19. The molecule has 0 bridgehead atoms. The molecule has 0 aromatic heterocycles. The Morgan fingerprint density at radius 2 is 0.518 bits per heavy atom. The molecule has 0 spiro atoms. The topological polar surface area (TPSA) is 72.8 Å². The predicted molar refractivity (Wildman–Crippen MR) is 366 cm³/mol. The maximum Gasteiger partial charge on any atom is 0.306 e. The molecule has 480 valence electrons. The number of carbonyl (C=O) groups is 2. The standard InChI is InChI=1S/C78H138O5/c1-3-5-7-9-11-13-15-17-19-21-23-25-27-29-31-33-34-35-36-37-38-39-40-41-42-43-45-46-48-50-52-54-56-58-60-62-64-66-68-70-72-77(80)82-75-76(74-79)83-78(81)73-71-69-67-65-63-61-59-57-55-53-51-49-47-44-32-30-28-26-24-22-20-18-16-14-12-10-8-6-4-2/h6,8,12,14,18,20,24,26,30,32,47,49,53,55,59,61,76,79H,3-5,7,9-11,13,15-17,19,21-23,25,27-29,31,33-46,48,50-52,54,56-58,60,62-75H2,1-2H3/b8-6-,14-12-,20-18-,26-24-,32-30-,49-47-,55-53-,61-59-. The van der Waals surface area contributed by atoms with Gasteiger partial charge < -0.3 is 14.6 Å². The molecule has 0 aromatic carbocycles. The molecule has 5 heteroatoms. The third kappa shape index (κ3) is 71.2. The molecule has 1 atom stereocenters. The summed E-state index contributed by atoms with van der Waals surface area (Å²) >= 11 is 0. The lowest BCUT2D eigenvalue weighted by molar-refractivity contribution is -0.161. The Balaban J connectivity index is 3.45. The van der Waals surface area contributed by atoms with Crippen LogP contribution in [0.4, 0.5) is 0 Å². The molecule has 1 unspecified atom stereocenters. The molecule has 0 heterocycles. The van der Waals surface area contributed by atoms with Crippen molar-refractivity contribution in [3.8, 4) is 0 Å². The summed E-state index contributed by atoms with van der Waals surface area (Å²) in [6.07, 6.45) is 105. The van der Waals surface area contributed by atoms with E-state index in [2.05, 4.69) is 111 Å². The van der Waals surface area contributed by atoms with Crippen LogP contribution in [-0.4, -0.2) is 36.4 Å². The summed E-state index contributed by atoms with van der Waals surface area (Å²) in [6.45, 7) is 4.05. The van der Waals surface area contributed by atoms with Crippen molar-refractivity contribution < 1.29 is 24.2 Å². The van der Waals surface area contributed by atoms with Crippen LogP contribution in [0.25, 0.3) is 0 Å².